The summed E-state index contributed by atoms with van der Waals surface area (Å²) in [5.41, 5.74) is 1.44. The first-order chi connectivity index (χ1) is 12.6. The molecular weight excluding hydrogens is 366 g/mol. The molecule has 7 heteroatoms. The fraction of sp³-hybridized carbons (Fsp3) is 0.632. The summed E-state index contributed by atoms with van der Waals surface area (Å²) in [7, 11) is 0. The Morgan fingerprint density at radius 1 is 1.35 bits per heavy atom. The predicted octanol–water partition coefficient (Wildman–Crippen LogP) is 4.27. The lowest BCUT2D eigenvalue weighted by Crippen LogP contribution is -2.40. The minimum absolute atomic E-state index is 0.168. The maximum atomic E-state index is 12.4. The highest BCUT2D eigenvalue weighted by molar-refractivity contribution is 7.99. The van der Waals surface area contributed by atoms with Crippen LogP contribution < -0.4 is 0 Å². The molecule has 26 heavy (non-hydrogen) atoms. The minimum atomic E-state index is 0.168. The number of carbonyl (C=O) groups is 1. The summed E-state index contributed by atoms with van der Waals surface area (Å²) in [5.74, 6) is 2.47. The minimum Gasteiger partial charge on any atom is -0.410 e. The largest absolute Gasteiger partial charge is 0.410 e. The molecule has 0 unspecified atom stereocenters. The van der Waals surface area contributed by atoms with E-state index >= 15 is 0 Å². The lowest BCUT2D eigenvalue weighted by Gasteiger charge is -2.30. The number of likely N-dealkylation sites (tertiary alicyclic amines) is 1. The molecule has 5 nitrogen and oxygen atoms in total. The Hall–Kier alpha value is -1.34. The van der Waals surface area contributed by atoms with Gasteiger partial charge in [-0.15, -0.1) is 21.5 Å². The average molecular weight is 392 g/mol. The molecule has 0 radical (unpaired) electrons. The molecule has 1 aliphatic carbocycles. The Labute approximate surface area is 162 Å². The molecule has 1 saturated heterocycles. The van der Waals surface area contributed by atoms with Gasteiger partial charge in [-0.25, -0.2) is 0 Å². The standard InChI is InChI=1S/C19H25N3O2S2/c1-12-5-6-15-14(8-12)9-16(26-15)18-20-21-19(24-18)25-11-17(23)22-7-3-4-13(2)10-22/h9,12-13H,3-8,10-11H2,1-2H3/t12-,13-/m0/s1. The SMILES string of the molecule is C[C@H]1CCc2sc(-c3nnc(SCC(=O)N4CCC[C@H](C)C4)o3)cc2C1. The molecule has 0 spiro atoms. The van der Waals surface area contributed by atoms with Crippen molar-refractivity contribution in [3.63, 3.8) is 0 Å². The molecule has 4 rings (SSSR count). The van der Waals surface area contributed by atoms with Crippen molar-refractivity contribution in [3.05, 3.63) is 16.5 Å². The maximum Gasteiger partial charge on any atom is 0.277 e. The van der Waals surface area contributed by atoms with Crippen molar-refractivity contribution in [2.24, 2.45) is 11.8 Å². The molecule has 0 saturated carbocycles. The number of thioether (sulfide) groups is 1. The summed E-state index contributed by atoms with van der Waals surface area (Å²) in [5, 5.41) is 8.81. The molecule has 2 aromatic heterocycles. The van der Waals surface area contributed by atoms with Gasteiger partial charge in [0.25, 0.3) is 11.1 Å². The molecule has 2 aliphatic rings. The second kappa shape index (κ2) is 7.72. The zero-order chi connectivity index (χ0) is 18.1. The number of piperidine rings is 1. The van der Waals surface area contributed by atoms with Gasteiger partial charge < -0.3 is 9.32 Å². The Balaban J connectivity index is 1.37. The van der Waals surface area contributed by atoms with E-state index in [1.807, 2.05) is 4.90 Å². The van der Waals surface area contributed by atoms with Crippen molar-refractivity contribution >= 4 is 29.0 Å². The third-order valence-corrected chi connectivity index (χ3v) is 7.30. The van der Waals surface area contributed by atoms with Gasteiger partial charge in [0.05, 0.1) is 10.6 Å². The molecule has 1 fully saturated rings. The Kier molecular flexibility index (Phi) is 5.36. The third kappa shape index (κ3) is 3.98. The van der Waals surface area contributed by atoms with E-state index in [0.29, 0.717) is 22.8 Å². The van der Waals surface area contributed by atoms with Gasteiger partial charge in [0.2, 0.25) is 5.91 Å². The highest BCUT2D eigenvalue weighted by Crippen LogP contribution is 2.37. The monoisotopic (exact) mass is 391 g/mol. The van der Waals surface area contributed by atoms with E-state index in [1.165, 1.54) is 35.0 Å². The van der Waals surface area contributed by atoms with Gasteiger partial charge in [-0.05, 0) is 55.6 Å². The third-order valence-electron chi connectivity index (χ3n) is 5.28. The molecule has 3 heterocycles. The number of carbonyl (C=O) groups excluding carboxylic acids is 1. The van der Waals surface area contributed by atoms with E-state index in [1.54, 1.807) is 11.3 Å². The van der Waals surface area contributed by atoms with Crippen LogP contribution >= 0.6 is 23.1 Å². The summed E-state index contributed by atoms with van der Waals surface area (Å²) in [6.07, 6.45) is 5.87. The number of thiophene rings is 1. The molecule has 0 aromatic carbocycles. The van der Waals surface area contributed by atoms with Crippen LogP contribution in [0.15, 0.2) is 15.7 Å². The zero-order valence-electron chi connectivity index (χ0n) is 15.4. The maximum absolute atomic E-state index is 12.4. The van der Waals surface area contributed by atoms with Gasteiger partial charge in [0.15, 0.2) is 0 Å². The van der Waals surface area contributed by atoms with Gasteiger partial charge in [-0.2, -0.15) is 0 Å². The van der Waals surface area contributed by atoms with Crippen molar-refractivity contribution in [2.75, 3.05) is 18.8 Å². The average Bonchev–Trinajstić information content (AvgIpc) is 3.25. The first-order valence-electron chi connectivity index (χ1n) is 9.44. The van der Waals surface area contributed by atoms with E-state index in [0.717, 1.165) is 43.1 Å². The van der Waals surface area contributed by atoms with Crippen LogP contribution in [0, 0.1) is 11.8 Å². The smallest absolute Gasteiger partial charge is 0.277 e. The number of nitrogens with zero attached hydrogens (tertiary/aromatic N) is 3. The highest BCUT2D eigenvalue weighted by atomic mass is 32.2. The first-order valence-corrected chi connectivity index (χ1v) is 11.2. The van der Waals surface area contributed by atoms with Gasteiger partial charge in [0, 0.05) is 18.0 Å². The van der Waals surface area contributed by atoms with Gasteiger partial charge in [0.1, 0.15) is 0 Å². The predicted molar refractivity (Wildman–Crippen MR) is 105 cm³/mol. The van der Waals surface area contributed by atoms with Crippen LogP contribution in [-0.4, -0.2) is 39.8 Å². The number of aryl methyl sites for hydroxylation is 1. The summed E-state index contributed by atoms with van der Waals surface area (Å²) < 4.78 is 5.81. The van der Waals surface area contributed by atoms with Gasteiger partial charge in [-0.3, -0.25) is 4.79 Å². The summed E-state index contributed by atoms with van der Waals surface area (Å²) in [4.78, 5) is 16.9. The lowest BCUT2D eigenvalue weighted by atomic mass is 9.90. The van der Waals surface area contributed by atoms with Gasteiger partial charge in [-0.1, -0.05) is 25.6 Å². The van der Waals surface area contributed by atoms with Crippen LogP contribution in [0.3, 0.4) is 0 Å². The number of aromatic nitrogens is 2. The van der Waals surface area contributed by atoms with E-state index in [-0.39, 0.29) is 5.91 Å². The molecule has 140 valence electrons. The summed E-state index contributed by atoms with van der Waals surface area (Å²) in [6, 6.07) is 2.21. The van der Waals surface area contributed by atoms with Crippen LogP contribution in [0.1, 0.15) is 43.6 Å². The first kappa shape index (κ1) is 18.0. The second-order valence-corrected chi connectivity index (χ2v) is 9.72. The second-order valence-electron chi connectivity index (χ2n) is 7.66. The van der Waals surface area contributed by atoms with Crippen molar-refractivity contribution in [1.82, 2.24) is 15.1 Å². The van der Waals surface area contributed by atoms with Crippen LogP contribution in [0.2, 0.25) is 0 Å². The number of hydrogen-bond acceptors (Lipinski definition) is 6. The van der Waals surface area contributed by atoms with Crippen molar-refractivity contribution in [2.45, 2.75) is 51.2 Å². The molecule has 1 amide bonds. The quantitative estimate of drug-likeness (QED) is 0.728. The topological polar surface area (TPSA) is 59.2 Å². The van der Waals surface area contributed by atoms with E-state index in [2.05, 4.69) is 30.1 Å². The molecule has 2 atom stereocenters. The molecule has 2 aromatic rings. The summed E-state index contributed by atoms with van der Waals surface area (Å²) >= 11 is 3.12. The van der Waals surface area contributed by atoms with E-state index in [4.69, 9.17) is 4.42 Å². The highest BCUT2D eigenvalue weighted by Gasteiger charge is 2.23. The normalized spacial score (nSPS) is 23.1. The van der Waals surface area contributed by atoms with E-state index < -0.39 is 0 Å². The Morgan fingerprint density at radius 2 is 2.23 bits per heavy atom. The number of hydrogen-bond donors (Lipinski definition) is 0. The van der Waals surface area contributed by atoms with Crippen molar-refractivity contribution in [1.29, 1.82) is 0 Å². The van der Waals surface area contributed by atoms with Crippen LogP contribution in [0.5, 0.6) is 0 Å². The Morgan fingerprint density at radius 3 is 3.08 bits per heavy atom. The molecule has 1 aliphatic heterocycles. The number of fused-ring (bicyclic) bond motifs is 1. The van der Waals surface area contributed by atoms with Crippen LogP contribution in [0.25, 0.3) is 10.8 Å². The van der Waals surface area contributed by atoms with Crippen LogP contribution in [-0.2, 0) is 17.6 Å². The molecule has 0 N–H and O–H groups in total. The van der Waals surface area contributed by atoms with Gasteiger partial charge >= 0.3 is 0 Å². The molecular formula is C19H25N3O2S2. The number of amides is 1. The lowest BCUT2D eigenvalue weighted by molar-refractivity contribution is -0.130. The van der Waals surface area contributed by atoms with E-state index in [9.17, 15) is 4.79 Å². The van der Waals surface area contributed by atoms with Crippen LogP contribution in [0.4, 0.5) is 0 Å². The van der Waals surface area contributed by atoms with Crippen molar-refractivity contribution in [3.8, 4) is 10.8 Å². The summed E-state index contributed by atoms with van der Waals surface area (Å²) in [6.45, 7) is 6.26. The Bertz CT molecular complexity index is 786. The molecule has 0 bridgehead atoms. The number of rotatable bonds is 4. The zero-order valence-corrected chi connectivity index (χ0v) is 17.0. The van der Waals surface area contributed by atoms with Crippen molar-refractivity contribution < 1.29 is 9.21 Å². The fourth-order valence-corrected chi connectivity index (χ4v) is 5.61. The fourth-order valence-electron chi connectivity index (χ4n) is 3.81.